The van der Waals surface area contributed by atoms with Crippen LogP contribution in [0, 0.1) is 11.3 Å². The minimum atomic E-state index is -0.913. The molecule has 0 unspecified atom stereocenters. The summed E-state index contributed by atoms with van der Waals surface area (Å²) < 4.78 is 0.810. The molecule has 0 aromatic heterocycles. The summed E-state index contributed by atoms with van der Waals surface area (Å²) in [4.78, 5) is 10.7. The van der Waals surface area contributed by atoms with Crippen molar-refractivity contribution in [2.45, 2.75) is 19.8 Å². The van der Waals surface area contributed by atoms with Gasteiger partial charge in [-0.05, 0) is 29.7 Å². The highest BCUT2D eigenvalue weighted by Crippen LogP contribution is 2.22. The van der Waals surface area contributed by atoms with Gasteiger partial charge in [0.05, 0.1) is 18.1 Å². The smallest absolute Gasteiger partial charge is 0.307 e. The van der Waals surface area contributed by atoms with Crippen LogP contribution in [0.4, 0.5) is 0 Å². The number of carboxylic acid groups (broad SMARTS) is 1. The summed E-state index contributed by atoms with van der Waals surface area (Å²) in [6.45, 7) is 1.94. The molecule has 0 amide bonds. The number of benzene rings is 1. The maximum Gasteiger partial charge on any atom is 0.307 e. The van der Waals surface area contributed by atoms with E-state index in [0.717, 1.165) is 16.5 Å². The average molecular weight is 268 g/mol. The summed E-state index contributed by atoms with van der Waals surface area (Å²) in [5.74, 6) is -0.913. The van der Waals surface area contributed by atoms with Crippen LogP contribution in [0.1, 0.15) is 23.6 Å². The lowest BCUT2D eigenvalue weighted by molar-refractivity contribution is -0.136. The van der Waals surface area contributed by atoms with Crippen LogP contribution in [0.3, 0.4) is 0 Å². The van der Waals surface area contributed by atoms with E-state index in [-0.39, 0.29) is 6.42 Å². The van der Waals surface area contributed by atoms with Crippen molar-refractivity contribution in [3.63, 3.8) is 0 Å². The number of aliphatic carboxylic acids is 1. The van der Waals surface area contributed by atoms with E-state index in [9.17, 15) is 4.79 Å². The zero-order valence-corrected chi connectivity index (χ0v) is 9.84. The lowest BCUT2D eigenvalue weighted by Crippen LogP contribution is -2.06. The molecule has 0 saturated heterocycles. The van der Waals surface area contributed by atoms with Crippen LogP contribution in [-0.4, -0.2) is 11.1 Å². The first-order valence-electron chi connectivity index (χ1n) is 4.51. The number of halogens is 1. The first kappa shape index (κ1) is 11.7. The summed E-state index contributed by atoms with van der Waals surface area (Å²) in [5.41, 5.74) is 1.96. The SMILES string of the molecule is CCc1cc(Br)cc(C#N)c1CC(=O)O. The number of hydrogen-bond donors (Lipinski definition) is 1. The van der Waals surface area contributed by atoms with E-state index >= 15 is 0 Å². The van der Waals surface area contributed by atoms with Gasteiger partial charge < -0.3 is 5.11 Å². The number of aryl methyl sites for hydroxylation is 1. The van der Waals surface area contributed by atoms with E-state index in [2.05, 4.69) is 15.9 Å². The van der Waals surface area contributed by atoms with Crippen molar-refractivity contribution in [1.82, 2.24) is 0 Å². The van der Waals surface area contributed by atoms with Crippen LogP contribution in [0.5, 0.6) is 0 Å². The van der Waals surface area contributed by atoms with Crippen molar-refractivity contribution in [2.75, 3.05) is 0 Å². The predicted octanol–water partition coefficient (Wildman–Crippen LogP) is 2.51. The van der Waals surface area contributed by atoms with E-state index in [4.69, 9.17) is 10.4 Å². The fourth-order valence-electron chi connectivity index (χ4n) is 1.47. The maximum absolute atomic E-state index is 10.7. The van der Waals surface area contributed by atoms with Gasteiger partial charge in [-0.3, -0.25) is 4.79 Å². The van der Waals surface area contributed by atoms with Crippen LogP contribution in [-0.2, 0) is 17.6 Å². The molecule has 15 heavy (non-hydrogen) atoms. The molecule has 1 aromatic rings. The van der Waals surface area contributed by atoms with Crippen LogP contribution < -0.4 is 0 Å². The van der Waals surface area contributed by atoms with Crippen LogP contribution in [0.25, 0.3) is 0 Å². The van der Waals surface area contributed by atoms with Gasteiger partial charge in [0.1, 0.15) is 0 Å². The summed E-state index contributed by atoms with van der Waals surface area (Å²) in [7, 11) is 0. The Kier molecular flexibility index (Phi) is 3.87. The molecule has 0 aliphatic rings. The third-order valence-corrected chi connectivity index (χ3v) is 2.59. The molecule has 4 heteroatoms. The van der Waals surface area contributed by atoms with Crippen molar-refractivity contribution < 1.29 is 9.90 Å². The van der Waals surface area contributed by atoms with Gasteiger partial charge >= 0.3 is 5.97 Å². The Hall–Kier alpha value is -1.34. The van der Waals surface area contributed by atoms with Gasteiger partial charge in [0.15, 0.2) is 0 Å². The standard InChI is InChI=1S/C11H10BrNO2/c1-2-7-3-9(12)4-8(6-13)10(7)5-11(14)15/h3-4H,2,5H2,1H3,(H,14,15). The van der Waals surface area contributed by atoms with E-state index in [1.165, 1.54) is 0 Å². The van der Waals surface area contributed by atoms with Crippen molar-refractivity contribution in [3.05, 3.63) is 33.3 Å². The molecule has 0 bridgehead atoms. The first-order chi connectivity index (χ1) is 7.08. The molecule has 1 rings (SSSR count). The lowest BCUT2D eigenvalue weighted by Gasteiger charge is -2.08. The first-order valence-corrected chi connectivity index (χ1v) is 5.31. The molecule has 1 N–H and O–H groups in total. The van der Waals surface area contributed by atoms with Gasteiger partial charge in [-0.1, -0.05) is 22.9 Å². The summed E-state index contributed by atoms with van der Waals surface area (Å²) >= 11 is 3.30. The molecular weight excluding hydrogens is 258 g/mol. The Morgan fingerprint density at radius 3 is 2.73 bits per heavy atom. The van der Waals surface area contributed by atoms with E-state index in [0.29, 0.717) is 11.1 Å². The van der Waals surface area contributed by atoms with E-state index in [1.54, 1.807) is 6.07 Å². The number of rotatable bonds is 3. The molecule has 0 saturated carbocycles. The molecule has 0 spiro atoms. The van der Waals surface area contributed by atoms with Crippen molar-refractivity contribution in [1.29, 1.82) is 5.26 Å². The minimum Gasteiger partial charge on any atom is -0.481 e. The van der Waals surface area contributed by atoms with Gasteiger partial charge in [0, 0.05) is 4.47 Å². The number of carbonyl (C=O) groups is 1. The highest BCUT2D eigenvalue weighted by atomic mass is 79.9. The van der Waals surface area contributed by atoms with Crippen molar-refractivity contribution >= 4 is 21.9 Å². The Labute approximate surface area is 96.5 Å². The van der Waals surface area contributed by atoms with Crippen LogP contribution >= 0.6 is 15.9 Å². The Morgan fingerprint density at radius 1 is 1.60 bits per heavy atom. The van der Waals surface area contributed by atoms with Crippen LogP contribution in [0.15, 0.2) is 16.6 Å². The van der Waals surface area contributed by atoms with Gasteiger partial charge in [0.25, 0.3) is 0 Å². The average Bonchev–Trinajstić information content (AvgIpc) is 2.19. The normalized spacial score (nSPS) is 9.67. The van der Waals surface area contributed by atoms with Crippen molar-refractivity contribution in [3.8, 4) is 6.07 Å². The molecule has 3 nitrogen and oxygen atoms in total. The number of nitriles is 1. The van der Waals surface area contributed by atoms with Crippen LogP contribution in [0.2, 0.25) is 0 Å². The zero-order chi connectivity index (χ0) is 11.4. The number of nitrogens with zero attached hydrogens (tertiary/aromatic N) is 1. The van der Waals surface area contributed by atoms with Gasteiger partial charge in [0.2, 0.25) is 0 Å². The fraction of sp³-hybridized carbons (Fsp3) is 0.273. The summed E-state index contributed by atoms with van der Waals surface area (Å²) in [6, 6.07) is 5.53. The maximum atomic E-state index is 10.7. The molecule has 0 radical (unpaired) electrons. The number of hydrogen-bond acceptors (Lipinski definition) is 2. The lowest BCUT2D eigenvalue weighted by atomic mass is 9.97. The van der Waals surface area contributed by atoms with E-state index < -0.39 is 5.97 Å². The summed E-state index contributed by atoms with van der Waals surface area (Å²) in [6.07, 6.45) is 0.621. The minimum absolute atomic E-state index is 0.0979. The fourth-order valence-corrected chi connectivity index (χ4v) is 1.97. The molecule has 78 valence electrons. The zero-order valence-electron chi connectivity index (χ0n) is 8.25. The third kappa shape index (κ3) is 2.80. The molecule has 0 aliphatic carbocycles. The quantitative estimate of drug-likeness (QED) is 0.916. The summed E-state index contributed by atoms with van der Waals surface area (Å²) in [5, 5.41) is 17.7. The number of carboxylic acids is 1. The highest BCUT2D eigenvalue weighted by molar-refractivity contribution is 9.10. The Morgan fingerprint density at radius 2 is 2.27 bits per heavy atom. The van der Waals surface area contributed by atoms with Gasteiger partial charge in [-0.15, -0.1) is 0 Å². The monoisotopic (exact) mass is 267 g/mol. The predicted molar refractivity (Wildman–Crippen MR) is 59.6 cm³/mol. The Balaban J connectivity index is 3.31. The van der Waals surface area contributed by atoms with Gasteiger partial charge in [-0.25, -0.2) is 0 Å². The molecule has 0 heterocycles. The second-order valence-corrected chi connectivity index (χ2v) is 4.04. The molecular formula is C11H10BrNO2. The molecule has 0 atom stereocenters. The highest BCUT2D eigenvalue weighted by Gasteiger charge is 2.12. The third-order valence-electron chi connectivity index (χ3n) is 2.14. The van der Waals surface area contributed by atoms with E-state index in [1.807, 2.05) is 19.1 Å². The van der Waals surface area contributed by atoms with Crippen molar-refractivity contribution in [2.24, 2.45) is 0 Å². The second kappa shape index (κ2) is 4.94. The topological polar surface area (TPSA) is 61.1 Å². The van der Waals surface area contributed by atoms with Gasteiger partial charge in [-0.2, -0.15) is 5.26 Å². The molecule has 0 aliphatic heterocycles. The largest absolute Gasteiger partial charge is 0.481 e. The second-order valence-electron chi connectivity index (χ2n) is 3.13. The molecule has 1 aromatic carbocycles. The Bertz CT molecular complexity index is 435. The molecule has 0 fully saturated rings.